The van der Waals surface area contributed by atoms with Crippen LogP contribution in [0.5, 0.6) is 0 Å². The van der Waals surface area contributed by atoms with E-state index in [0.717, 1.165) is 10.9 Å². The van der Waals surface area contributed by atoms with Gasteiger partial charge in [0.25, 0.3) is 5.91 Å². The van der Waals surface area contributed by atoms with Gasteiger partial charge in [-0.1, -0.05) is 18.2 Å². The molecule has 0 aliphatic rings. The number of benzene rings is 1. The van der Waals surface area contributed by atoms with Crippen LogP contribution in [0.4, 0.5) is 0 Å². The van der Waals surface area contributed by atoms with E-state index in [1.165, 1.54) is 0 Å². The molecule has 0 spiro atoms. The van der Waals surface area contributed by atoms with Crippen LogP contribution in [0.2, 0.25) is 0 Å². The highest BCUT2D eigenvalue weighted by atomic mass is 16.2. The van der Waals surface area contributed by atoms with E-state index in [-0.39, 0.29) is 23.8 Å². The fraction of sp³-hybridized carbons (Fsp3) is 0.375. The molecule has 1 heterocycles. The summed E-state index contributed by atoms with van der Waals surface area (Å²) in [4.78, 5) is 26.7. The Hall–Kier alpha value is -2.30. The molecule has 2 rings (SSSR count). The minimum atomic E-state index is -0.252. The van der Waals surface area contributed by atoms with Gasteiger partial charge in [0.2, 0.25) is 5.91 Å². The molecule has 0 atom stereocenters. The lowest BCUT2D eigenvalue weighted by Gasteiger charge is -2.20. The van der Waals surface area contributed by atoms with Crippen molar-refractivity contribution in [1.82, 2.24) is 15.6 Å². The molecule has 0 bridgehead atoms. The van der Waals surface area contributed by atoms with Gasteiger partial charge in [0.1, 0.15) is 5.69 Å². The van der Waals surface area contributed by atoms with Gasteiger partial charge in [-0.2, -0.15) is 0 Å². The van der Waals surface area contributed by atoms with Gasteiger partial charge in [-0.15, -0.1) is 0 Å². The zero-order chi connectivity index (χ0) is 15.5. The molecular weight excluding hydrogens is 266 g/mol. The Balaban J connectivity index is 1.86. The number of rotatable bonds is 4. The summed E-state index contributed by atoms with van der Waals surface area (Å²) in [6.07, 6.45) is 0.267. The first-order valence-electron chi connectivity index (χ1n) is 7.02. The quantitative estimate of drug-likeness (QED) is 0.806. The van der Waals surface area contributed by atoms with Crippen LogP contribution < -0.4 is 10.6 Å². The summed E-state index contributed by atoms with van der Waals surface area (Å²) < 4.78 is 0. The first-order chi connectivity index (χ1) is 9.85. The van der Waals surface area contributed by atoms with Crippen LogP contribution >= 0.6 is 0 Å². The first-order valence-corrected chi connectivity index (χ1v) is 7.02. The minimum absolute atomic E-state index is 0.0700. The van der Waals surface area contributed by atoms with Gasteiger partial charge in [0, 0.05) is 29.4 Å². The molecule has 3 N–H and O–H groups in total. The molecule has 5 nitrogen and oxygen atoms in total. The molecule has 0 saturated heterocycles. The Labute approximate surface area is 124 Å². The van der Waals surface area contributed by atoms with E-state index >= 15 is 0 Å². The highest BCUT2D eigenvalue weighted by Crippen LogP contribution is 2.14. The minimum Gasteiger partial charge on any atom is -0.351 e. The molecule has 0 aliphatic carbocycles. The number of amides is 2. The summed E-state index contributed by atoms with van der Waals surface area (Å²) in [7, 11) is 0. The topological polar surface area (TPSA) is 74.0 Å². The molecule has 0 radical (unpaired) electrons. The summed E-state index contributed by atoms with van der Waals surface area (Å²) >= 11 is 0. The van der Waals surface area contributed by atoms with Crippen molar-refractivity contribution in [3.8, 4) is 0 Å². The van der Waals surface area contributed by atoms with E-state index in [1.54, 1.807) is 6.07 Å². The smallest absolute Gasteiger partial charge is 0.267 e. The normalized spacial score (nSPS) is 11.4. The Kier molecular flexibility index (Phi) is 4.31. The summed E-state index contributed by atoms with van der Waals surface area (Å²) in [5, 5.41) is 6.60. The van der Waals surface area contributed by atoms with Gasteiger partial charge in [-0.05, 0) is 32.9 Å². The maximum absolute atomic E-state index is 12.0. The second-order valence-electron chi connectivity index (χ2n) is 6.07. The number of nitrogens with one attached hydrogen (secondary N) is 3. The van der Waals surface area contributed by atoms with E-state index in [1.807, 2.05) is 45.0 Å². The molecule has 2 amide bonds. The number of para-hydroxylation sites is 1. The number of carbonyl (C=O) groups is 2. The Morgan fingerprint density at radius 3 is 2.57 bits per heavy atom. The number of aromatic nitrogens is 1. The highest BCUT2D eigenvalue weighted by Gasteiger charge is 2.14. The third-order valence-electron chi connectivity index (χ3n) is 2.93. The Morgan fingerprint density at radius 1 is 1.19 bits per heavy atom. The first kappa shape index (κ1) is 15.1. The van der Waals surface area contributed by atoms with Gasteiger partial charge >= 0.3 is 0 Å². The van der Waals surface area contributed by atoms with Crippen molar-refractivity contribution in [2.45, 2.75) is 32.7 Å². The lowest BCUT2D eigenvalue weighted by molar-refractivity contribution is -0.122. The standard InChI is InChI=1S/C16H21N3O2/c1-16(2,3)19-14(20)8-9-17-15(21)13-10-11-6-4-5-7-12(11)18-13/h4-7,10,18H,8-9H2,1-3H3,(H,17,21)(H,19,20). The van der Waals surface area contributed by atoms with Gasteiger partial charge in [0.15, 0.2) is 0 Å². The van der Waals surface area contributed by atoms with Crippen molar-refractivity contribution in [2.75, 3.05) is 6.54 Å². The third kappa shape index (κ3) is 4.34. The predicted octanol–water partition coefficient (Wildman–Crippen LogP) is 2.20. The molecule has 21 heavy (non-hydrogen) atoms. The number of carbonyl (C=O) groups excluding carboxylic acids is 2. The fourth-order valence-electron chi connectivity index (χ4n) is 2.06. The predicted molar refractivity (Wildman–Crippen MR) is 83.1 cm³/mol. The zero-order valence-electron chi connectivity index (χ0n) is 12.6. The van der Waals surface area contributed by atoms with Crippen molar-refractivity contribution >= 4 is 22.7 Å². The maximum atomic E-state index is 12.0. The lowest BCUT2D eigenvalue weighted by atomic mass is 10.1. The summed E-state index contributed by atoms with van der Waals surface area (Å²) in [6.45, 7) is 6.09. The van der Waals surface area contributed by atoms with Crippen LogP contribution in [0, 0.1) is 0 Å². The van der Waals surface area contributed by atoms with Gasteiger partial charge in [-0.3, -0.25) is 9.59 Å². The molecule has 5 heteroatoms. The van der Waals surface area contributed by atoms with E-state index in [4.69, 9.17) is 0 Å². The van der Waals surface area contributed by atoms with Crippen molar-refractivity contribution in [3.05, 3.63) is 36.0 Å². The summed E-state index contributed by atoms with van der Waals surface area (Å²) in [5.74, 6) is -0.269. The molecular formula is C16H21N3O2. The molecule has 0 aliphatic heterocycles. The van der Waals surface area contributed by atoms with Gasteiger partial charge in [0.05, 0.1) is 0 Å². The number of H-pyrrole nitrogens is 1. The van der Waals surface area contributed by atoms with Crippen LogP contribution in [0.1, 0.15) is 37.7 Å². The number of aromatic amines is 1. The van der Waals surface area contributed by atoms with E-state index < -0.39 is 0 Å². The van der Waals surface area contributed by atoms with Crippen LogP contribution in [-0.4, -0.2) is 28.9 Å². The van der Waals surface area contributed by atoms with Crippen molar-refractivity contribution in [3.63, 3.8) is 0 Å². The number of fused-ring (bicyclic) bond motifs is 1. The molecule has 1 aromatic heterocycles. The van der Waals surface area contributed by atoms with Crippen LogP contribution in [0.25, 0.3) is 10.9 Å². The van der Waals surface area contributed by atoms with E-state index in [0.29, 0.717) is 12.2 Å². The third-order valence-corrected chi connectivity index (χ3v) is 2.93. The average Bonchev–Trinajstić information content (AvgIpc) is 2.80. The lowest BCUT2D eigenvalue weighted by Crippen LogP contribution is -2.42. The number of hydrogen-bond acceptors (Lipinski definition) is 2. The second kappa shape index (κ2) is 5.99. The van der Waals surface area contributed by atoms with E-state index in [2.05, 4.69) is 15.6 Å². The fourth-order valence-corrected chi connectivity index (χ4v) is 2.06. The largest absolute Gasteiger partial charge is 0.351 e. The SMILES string of the molecule is CC(C)(C)NC(=O)CCNC(=O)c1cc2ccccc2[nH]1. The second-order valence-corrected chi connectivity index (χ2v) is 6.07. The Bertz CT molecular complexity index is 620. The van der Waals surface area contributed by atoms with Crippen LogP contribution in [-0.2, 0) is 4.79 Å². The monoisotopic (exact) mass is 287 g/mol. The molecule has 2 aromatic rings. The van der Waals surface area contributed by atoms with E-state index in [9.17, 15) is 9.59 Å². The Morgan fingerprint density at radius 2 is 1.90 bits per heavy atom. The van der Waals surface area contributed by atoms with Crippen LogP contribution in [0.15, 0.2) is 30.3 Å². The average molecular weight is 287 g/mol. The van der Waals surface area contributed by atoms with Crippen molar-refractivity contribution in [2.24, 2.45) is 0 Å². The molecule has 1 aromatic carbocycles. The molecule has 0 saturated carbocycles. The number of hydrogen-bond donors (Lipinski definition) is 3. The van der Waals surface area contributed by atoms with Gasteiger partial charge < -0.3 is 15.6 Å². The molecule has 0 fully saturated rings. The van der Waals surface area contributed by atoms with Gasteiger partial charge in [-0.25, -0.2) is 0 Å². The van der Waals surface area contributed by atoms with Crippen molar-refractivity contribution in [1.29, 1.82) is 0 Å². The maximum Gasteiger partial charge on any atom is 0.267 e. The van der Waals surface area contributed by atoms with Crippen molar-refractivity contribution < 1.29 is 9.59 Å². The molecule has 112 valence electrons. The highest BCUT2D eigenvalue weighted by molar-refractivity contribution is 5.98. The van der Waals surface area contributed by atoms with Crippen LogP contribution in [0.3, 0.4) is 0 Å². The summed E-state index contributed by atoms with van der Waals surface area (Å²) in [6, 6.07) is 9.51. The zero-order valence-corrected chi connectivity index (χ0v) is 12.6. The molecule has 0 unspecified atom stereocenters. The summed E-state index contributed by atoms with van der Waals surface area (Å²) in [5.41, 5.74) is 1.18.